The van der Waals surface area contributed by atoms with E-state index in [1.807, 2.05) is 18.2 Å². The topological polar surface area (TPSA) is 12.0 Å². The fourth-order valence-corrected chi connectivity index (χ4v) is 1.71. The number of halogens is 1. The summed E-state index contributed by atoms with van der Waals surface area (Å²) in [7, 11) is 0. The third-order valence-electron chi connectivity index (χ3n) is 3.78. The van der Waals surface area contributed by atoms with Gasteiger partial charge in [0.15, 0.2) is 0 Å². The Labute approximate surface area is 111 Å². The van der Waals surface area contributed by atoms with Crippen LogP contribution in [0.2, 0.25) is 5.02 Å². The van der Waals surface area contributed by atoms with E-state index in [0.29, 0.717) is 17.4 Å². The van der Waals surface area contributed by atoms with Crippen molar-refractivity contribution in [3.05, 3.63) is 34.9 Å². The molecular weight excluding hydrogens is 230 g/mol. The molecular formula is C15H24ClN. The molecule has 1 rings (SSSR count). The summed E-state index contributed by atoms with van der Waals surface area (Å²) >= 11 is 6.00. The van der Waals surface area contributed by atoms with E-state index in [2.05, 4.69) is 46.0 Å². The van der Waals surface area contributed by atoms with Crippen molar-refractivity contribution in [3.8, 4) is 0 Å². The summed E-state index contributed by atoms with van der Waals surface area (Å²) in [5, 5.41) is 4.39. The summed E-state index contributed by atoms with van der Waals surface area (Å²) in [5.41, 5.74) is 1.56. The highest BCUT2D eigenvalue weighted by atomic mass is 35.5. The van der Waals surface area contributed by atoms with Crippen LogP contribution in [0.15, 0.2) is 24.3 Å². The minimum Gasteiger partial charge on any atom is -0.310 e. The van der Waals surface area contributed by atoms with Crippen LogP contribution in [0, 0.1) is 11.3 Å². The lowest BCUT2D eigenvalue weighted by Gasteiger charge is -2.31. The van der Waals surface area contributed by atoms with E-state index in [1.54, 1.807) is 0 Å². The molecule has 1 N–H and O–H groups in total. The normalized spacial score (nSPS) is 14.1. The van der Waals surface area contributed by atoms with Crippen LogP contribution in [0.1, 0.15) is 46.2 Å². The van der Waals surface area contributed by atoms with Gasteiger partial charge in [-0.3, -0.25) is 0 Å². The zero-order chi connectivity index (χ0) is 13.1. The lowest BCUT2D eigenvalue weighted by molar-refractivity contribution is 0.230. The SMILES string of the molecule is CC(NCC(C)(C)C(C)C)c1cccc(Cl)c1. The number of hydrogen-bond donors (Lipinski definition) is 1. The first-order chi connectivity index (χ1) is 7.83. The number of benzene rings is 1. The molecule has 0 aromatic heterocycles. The molecule has 96 valence electrons. The molecule has 17 heavy (non-hydrogen) atoms. The molecule has 0 saturated carbocycles. The van der Waals surface area contributed by atoms with Gasteiger partial charge in [-0.25, -0.2) is 0 Å². The lowest BCUT2D eigenvalue weighted by atomic mass is 9.81. The predicted octanol–water partition coefficient (Wildman–Crippen LogP) is 4.67. The van der Waals surface area contributed by atoms with Gasteiger partial charge >= 0.3 is 0 Å². The van der Waals surface area contributed by atoms with Crippen molar-refractivity contribution in [1.29, 1.82) is 0 Å². The van der Waals surface area contributed by atoms with Crippen LogP contribution in [0.5, 0.6) is 0 Å². The molecule has 0 aliphatic carbocycles. The van der Waals surface area contributed by atoms with E-state index in [0.717, 1.165) is 11.6 Å². The molecule has 1 unspecified atom stereocenters. The van der Waals surface area contributed by atoms with Crippen LogP contribution in [-0.4, -0.2) is 6.54 Å². The van der Waals surface area contributed by atoms with Gasteiger partial charge in [0, 0.05) is 17.6 Å². The fourth-order valence-electron chi connectivity index (χ4n) is 1.51. The molecule has 0 spiro atoms. The van der Waals surface area contributed by atoms with Crippen molar-refractivity contribution in [2.45, 2.75) is 40.7 Å². The van der Waals surface area contributed by atoms with Crippen LogP contribution in [-0.2, 0) is 0 Å². The highest BCUT2D eigenvalue weighted by Gasteiger charge is 2.22. The van der Waals surface area contributed by atoms with Crippen molar-refractivity contribution >= 4 is 11.6 Å². The van der Waals surface area contributed by atoms with Crippen molar-refractivity contribution in [3.63, 3.8) is 0 Å². The van der Waals surface area contributed by atoms with E-state index in [4.69, 9.17) is 11.6 Å². The van der Waals surface area contributed by atoms with Crippen molar-refractivity contribution in [2.24, 2.45) is 11.3 Å². The maximum absolute atomic E-state index is 6.00. The number of rotatable bonds is 5. The zero-order valence-electron chi connectivity index (χ0n) is 11.5. The maximum atomic E-state index is 6.00. The van der Waals surface area contributed by atoms with E-state index < -0.39 is 0 Å². The lowest BCUT2D eigenvalue weighted by Crippen LogP contribution is -2.34. The number of nitrogens with one attached hydrogen (secondary N) is 1. The second-order valence-corrected chi connectivity index (χ2v) is 6.24. The Morgan fingerprint density at radius 1 is 1.24 bits per heavy atom. The Balaban J connectivity index is 2.59. The van der Waals surface area contributed by atoms with Gasteiger partial charge < -0.3 is 5.32 Å². The second-order valence-electron chi connectivity index (χ2n) is 5.80. The molecule has 0 amide bonds. The number of hydrogen-bond acceptors (Lipinski definition) is 1. The summed E-state index contributed by atoms with van der Waals surface area (Å²) in [4.78, 5) is 0. The molecule has 1 atom stereocenters. The molecule has 0 heterocycles. The Kier molecular flexibility index (Phi) is 5.03. The average molecular weight is 254 g/mol. The van der Waals surface area contributed by atoms with Gasteiger partial charge in [0.25, 0.3) is 0 Å². The molecule has 1 aromatic rings. The average Bonchev–Trinajstić information content (AvgIpc) is 2.25. The van der Waals surface area contributed by atoms with Gasteiger partial charge in [0.1, 0.15) is 0 Å². The van der Waals surface area contributed by atoms with Gasteiger partial charge in [0.05, 0.1) is 0 Å². The van der Waals surface area contributed by atoms with Crippen LogP contribution in [0.3, 0.4) is 0 Å². The molecule has 1 aromatic carbocycles. The first-order valence-electron chi connectivity index (χ1n) is 6.32. The molecule has 0 aliphatic rings. The largest absolute Gasteiger partial charge is 0.310 e. The minimum absolute atomic E-state index is 0.312. The van der Waals surface area contributed by atoms with Crippen LogP contribution in [0.25, 0.3) is 0 Å². The van der Waals surface area contributed by atoms with E-state index in [9.17, 15) is 0 Å². The Hall–Kier alpha value is -0.530. The van der Waals surface area contributed by atoms with Crippen LogP contribution >= 0.6 is 11.6 Å². The van der Waals surface area contributed by atoms with Gasteiger partial charge in [-0.15, -0.1) is 0 Å². The summed E-state index contributed by atoms with van der Waals surface area (Å²) < 4.78 is 0. The van der Waals surface area contributed by atoms with Crippen molar-refractivity contribution < 1.29 is 0 Å². The predicted molar refractivity (Wildman–Crippen MR) is 76.5 cm³/mol. The van der Waals surface area contributed by atoms with E-state index >= 15 is 0 Å². The summed E-state index contributed by atoms with van der Waals surface area (Å²) in [6.45, 7) is 12.3. The van der Waals surface area contributed by atoms with Gasteiger partial charge in [-0.1, -0.05) is 51.4 Å². The third kappa shape index (κ3) is 4.33. The molecule has 0 saturated heterocycles. The zero-order valence-corrected chi connectivity index (χ0v) is 12.3. The van der Waals surface area contributed by atoms with Crippen LogP contribution in [0.4, 0.5) is 0 Å². The van der Waals surface area contributed by atoms with E-state index in [-0.39, 0.29) is 0 Å². The smallest absolute Gasteiger partial charge is 0.0409 e. The molecule has 0 bridgehead atoms. The van der Waals surface area contributed by atoms with Gasteiger partial charge in [0.2, 0.25) is 0 Å². The Morgan fingerprint density at radius 3 is 2.41 bits per heavy atom. The maximum Gasteiger partial charge on any atom is 0.0409 e. The minimum atomic E-state index is 0.312. The van der Waals surface area contributed by atoms with Gasteiger partial charge in [-0.2, -0.15) is 0 Å². The Morgan fingerprint density at radius 2 is 1.88 bits per heavy atom. The second kappa shape index (κ2) is 5.88. The highest BCUT2D eigenvalue weighted by Crippen LogP contribution is 2.26. The van der Waals surface area contributed by atoms with Crippen molar-refractivity contribution in [2.75, 3.05) is 6.54 Å². The third-order valence-corrected chi connectivity index (χ3v) is 4.01. The van der Waals surface area contributed by atoms with E-state index in [1.165, 1.54) is 5.56 Å². The summed E-state index contributed by atoms with van der Waals surface area (Å²) in [6.07, 6.45) is 0. The molecule has 0 radical (unpaired) electrons. The molecule has 2 heteroatoms. The Bertz CT molecular complexity index is 358. The molecule has 0 aliphatic heterocycles. The first kappa shape index (κ1) is 14.5. The standard InChI is InChI=1S/C15H24ClN/c1-11(2)15(4,5)10-17-12(3)13-7-6-8-14(16)9-13/h6-9,11-12,17H,10H2,1-5H3. The first-order valence-corrected chi connectivity index (χ1v) is 6.69. The molecule has 1 nitrogen and oxygen atoms in total. The highest BCUT2D eigenvalue weighted by molar-refractivity contribution is 6.30. The van der Waals surface area contributed by atoms with Crippen molar-refractivity contribution in [1.82, 2.24) is 5.32 Å². The van der Waals surface area contributed by atoms with Gasteiger partial charge in [-0.05, 0) is 36.0 Å². The summed E-state index contributed by atoms with van der Waals surface area (Å²) in [6, 6.07) is 8.40. The van der Waals surface area contributed by atoms with Crippen LogP contribution < -0.4 is 5.32 Å². The fraction of sp³-hybridized carbons (Fsp3) is 0.600. The quantitative estimate of drug-likeness (QED) is 0.804. The summed E-state index contributed by atoms with van der Waals surface area (Å²) in [5.74, 6) is 0.668. The monoisotopic (exact) mass is 253 g/mol. The molecule has 0 fully saturated rings.